The first-order valence-corrected chi connectivity index (χ1v) is 15.2. The predicted molar refractivity (Wildman–Crippen MR) is 177 cm³/mol. The fraction of sp³-hybridized carbons (Fsp3) is 0.194. The number of nitrogens with zero attached hydrogens (tertiary/aromatic N) is 3. The molecule has 0 atom stereocenters. The molecule has 9 heteroatoms. The van der Waals surface area contributed by atoms with E-state index in [4.69, 9.17) is 10.7 Å². The average Bonchev–Trinajstić information content (AvgIpc) is 3.38. The van der Waals surface area contributed by atoms with E-state index in [1.54, 1.807) is 24.3 Å². The lowest BCUT2D eigenvalue weighted by Crippen LogP contribution is -2.36. The summed E-state index contributed by atoms with van der Waals surface area (Å²) in [5.41, 5.74) is 13.7. The number of aromatic hydroxyl groups is 1. The van der Waals surface area contributed by atoms with Gasteiger partial charge in [0.2, 0.25) is 0 Å². The highest BCUT2D eigenvalue weighted by atomic mass is 16.3. The number of rotatable bonds is 7. The van der Waals surface area contributed by atoms with Crippen LogP contribution in [0.5, 0.6) is 5.75 Å². The highest BCUT2D eigenvalue weighted by Crippen LogP contribution is 2.30. The molecular weight excluding hydrogens is 564 g/mol. The van der Waals surface area contributed by atoms with Crippen LogP contribution in [0.2, 0.25) is 0 Å². The summed E-state index contributed by atoms with van der Waals surface area (Å²) in [4.78, 5) is 39.3. The van der Waals surface area contributed by atoms with Crippen molar-refractivity contribution in [2.75, 3.05) is 18.8 Å². The summed E-state index contributed by atoms with van der Waals surface area (Å²) in [5.74, 6) is 0.183. The number of nitrogens with two attached hydrogens (primary N) is 1. The van der Waals surface area contributed by atoms with Crippen LogP contribution >= 0.6 is 0 Å². The third-order valence-corrected chi connectivity index (χ3v) is 8.65. The van der Waals surface area contributed by atoms with Gasteiger partial charge in [0.25, 0.3) is 5.56 Å². The number of piperidine rings is 1. The van der Waals surface area contributed by atoms with Crippen molar-refractivity contribution in [3.05, 3.63) is 135 Å². The SMILES string of the molecule is Nc1ccc2[nH]c(=O)n(C3CCN(Cc4ccc(-c5[nH]c(=O)c(Cc6ccc(O)cc6)nc5-c5ccccc5)cc4)CC3)c2c1. The zero-order valence-corrected chi connectivity index (χ0v) is 24.7. The van der Waals surface area contributed by atoms with Crippen LogP contribution in [0.1, 0.15) is 35.7 Å². The van der Waals surface area contributed by atoms with Gasteiger partial charge in [-0.1, -0.05) is 66.7 Å². The van der Waals surface area contributed by atoms with Crippen LogP contribution in [0, 0.1) is 0 Å². The number of likely N-dealkylation sites (tertiary alicyclic amines) is 1. The molecule has 0 spiro atoms. The molecule has 0 aliphatic carbocycles. The predicted octanol–water partition coefficient (Wildman–Crippen LogP) is 5.46. The summed E-state index contributed by atoms with van der Waals surface area (Å²) in [7, 11) is 0. The molecule has 5 N–H and O–H groups in total. The van der Waals surface area contributed by atoms with Crippen molar-refractivity contribution in [1.29, 1.82) is 0 Å². The number of aromatic nitrogens is 4. The second-order valence-electron chi connectivity index (χ2n) is 11.7. The molecule has 1 aliphatic heterocycles. The van der Waals surface area contributed by atoms with Crippen LogP contribution in [-0.2, 0) is 13.0 Å². The number of phenols is 1. The number of H-pyrrole nitrogens is 2. The Labute approximate surface area is 259 Å². The Bertz CT molecular complexity index is 2070. The van der Waals surface area contributed by atoms with Crippen molar-refractivity contribution >= 4 is 16.7 Å². The van der Waals surface area contributed by atoms with Gasteiger partial charge in [-0.05, 0) is 54.3 Å². The van der Waals surface area contributed by atoms with E-state index < -0.39 is 0 Å². The number of anilines is 1. The first kappa shape index (κ1) is 28.4. The molecule has 4 aromatic carbocycles. The molecule has 226 valence electrons. The van der Waals surface area contributed by atoms with Crippen molar-refractivity contribution < 1.29 is 5.11 Å². The van der Waals surface area contributed by atoms with Crippen LogP contribution < -0.4 is 17.0 Å². The van der Waals surface area contributed by atoms with Crippen molar-refractivity contribution in [1.82, 2.24) is 24.4 Å². The minimum absolute atomic E-state index is 0.0829. The Kier molecular flexibility index (Phi) is 7.52. The minimum Gasteiger partial charge on any atom is -0.508 e. The summed E-state index contributed by atoms with van der Waals surface area (Å²) in [6, 6.07) is 30.6. The van der Waals surface area contributed by atoms with Gasteiger partial charge in [0.05, 0.1) is 22.4 Å². The van der Waals surface area contributed by atoms with Gasteiger partial charge in [0.15, 0.2) is 0 Å². The lowest BCUT2D eigenvalue weighted by Gasteiger charge is -2.32. The fourth-order valence-corrected chi connectivity index (χ4v) is 6.30. The third kappa shape index (κ3) is 5.90. The molecule has 45 heavy (non-hydrogen) atoms. The van der Waals surface area contributed by atoms with Gasteiger partial charge in [0.1, 0.15) is 11.4 Å². The number of hydrogen-bond donors (Lipinski definition) is 4. The summed E-state index contributed by atoms with van der Waals surface area (Å²) in [6.07, 6.45) is 2.11. The lowest BCUT2D eigenvalue weighted by molar-refractivity contribution is 0.180. The van der Waals surface area contributed by atoms with E-state index >= 15 is 0 Å². The van der Waals surface area contributed by atoms with Crippen LogP contribution in [-0.4, -0.2) is 42.6 Å². The van der Waals surface area contributed by atoms with Crippen molar-refractivity contribution in [2.24, 2.45) is 0 Å². The average molecular weight is 599 g/mol. The van der Waals surface area contributed by atoms with Crippen LogP contribution in [0.3, 0.4) is 0 Å². The third-order valence-electron chi connectivity index (χ3n) is 8.65. The second-order valence-corrected chi connectivity index (χ2v) is 11.7. The molecule has 1 saturated heterocycles. The van der Waals surface area contributed by atoms with E-state index in [0.717, 1.165) is 60.2 Å². The Balaban J connectivity index is 1.09. The molecule has 0 amide bonds. The number of nitrogen functional groups attached to an aromatic ring is 1. The quantitative estimate of drug-likeness (QED) is 0.180. The van der Waals surface area contributed by atoms with Gasteiger partial charge in [-0.3, -0.25) is 14.3 Å². The van der Waals surface area contributed by atoms with E-state index in [-0.39, 0.29) is 23.0 Å². The topological polar surface area (TPSA) is 133 Å². The highest BCUT2D eigenvalue weighted by molar-refractivity contribution is 5.79. The molecule has 7 rings (SSSR count). The van der Waals surface area contributed by atoms with E-state index in [1.165, 1.54) is 5.56 Å². The number of imidazole rings is 1. The largest absolute Gasteiger partial charge is 0.508 e. The Morgan fingerprint density at radius 1 is 0.822 bits per heavy atom. The summed E-state index contributed by atoms with van der Waals surface area (Å²) in [6.45, 7) is 2.56. The first-order valence-electron chi connectivity index (χ1n) is 15.2. The Morgan fingerprint density at radius 3 is 2.27 bits per heavy atom. The Hall–Kier alpha value is -5.41. The molecule has 0 saturated carbocycles. The zero-order valence-electron chi connectivity index (χ0n) is 24.7. The van der Waals surface area contributed by atoms with Gasteiger partial charge in [-0.15, -0.1) is 0 Å². The molecule has 1 aliphatic rings. The van der Waals surface area contributed by atoms with E-state index in [2.05, 4.69) is 27.0 Å². The molecule has 0 radical (unpaired) electrons. The molecular formula is C36H34N6O3. The fourth-order valence-electron chi connectivity index (χ4n) is 6.30. The maximum Gasteiger partial charge on any atom is 0.326 e. The molecule has 9 nitrogen and oxygen atoms in total. The minimum atomic E-state index is -0.235. The number of hydrogen-bond acceptors (Lipinski definition) is 6. The molecule has 6 aromatic rings. The van der Waals surface area contributed by atoms with Gasteiger partial charge >= 0.3 is 5.69 Å². The summed E-state index contributed by atoms with van der Waals surface area (Å²) < 4.78 is 1.87. The summed E-state index contributed by atoms with van der Waals surface area (Å²) >= 11 is 0. The number of aromatic amines is 2. The van der Waals surface area contributed by atoms with Gasteiger partial charge in [-0.2, -0.15) is 0 Å². The molecule has 2 aromatic heterocycles. The van der Waals surface area contributed by atoms with Crippen LogP contribution in [0.4, 0.5) is 5.69 Å². The Morgan fingerprint density at radius 2 is 1.53 bits per heavy atom. The molecule has 0 unspecified atom stereocenters. The normalized spacial score (nSPS) is 14.2. The van der Waals surface area contributed by atoms with Crippen molar-refractivity contribution in [3.8, 4) is 28.3 Å². The maximum absolute atomic E-state index is 13.2. The van der Waals surface area contributed by atoms with E-state index in [1.807, 2.05) is 65.2 Å². The highest BCUT2D eigenvalue weighted by Gasteiger charge is 2.24. The standard InChI is InChI=1S/C36H34N6O3/c37-27-12-15-30-32(21-27)42(36(45)39-30)28-16-18-41(19-17-28)22-24-6-10-26(11-7-24)34-33(25-4-2-1-3-5-25)38-31(35(44)40-34)20-23-8-13-29(43)14-9-23/h1-15,21,28,43H,16-20,22,37H2,(H,39,45)(H,40,44). The van der Waals surface area contributed by atoms with Crippen LogP contribution in [0.15, 0.2) is 107 Å². The monoisotopic (exact) mass is 598 g/mol. The zero-order chi connectivity index (χ0) is 30.9. The van der Waals surface area contributed by atoms with Gasteiger partial charge in [-0.25, -0.2) is 9.78 Å². The molecule has 0 bridgehead atoms. The van der Waals surface area contributed by atoms with Gasteiger partial charge < -0.3 is 20.8 Å². The second kappa shape index (κ2) is 11.9. The van der Waals surface area contributed by atoms with Gasteiger partial charge in [0, 0.05) is 48.9 Å². The van der Waals surface area contributed by atoms with Crippen LogP contribution in [0.25, 0.3) is 33.5 Å². The molecule has 3 heterocycles. The van der Waals surface area contributed by atoms with Crippen molar-refractivity contribution in [2.45, 2.75) is 31.8 Å². The smallest absolute Gasteiger partial charge is 0.326 e. The van der Waals surface area contributed by atoms with E-state index in [0.29, 0.717) is 29.2 Å². The van der Waals surface area contributed by atoms with Crippen molar-refractivity contribution in [3.63, 3.8) is 0 Å². The number of fused-ring (bicyclic) bond motifs is 1. The number of phenolic OH excluding ortho intramolecular Hbond substituents is 1. The number of benzene rings is 4. The molecule has 1 fully saturated rings. The maximum atomic E-state index is 13.2. The number of nitrogens with one attached hydrogen (secondary N) is 2. The first-order chi connectivity index (χ1) is 21.9. The summed E-state index contributed by atoms with van der Waals surface area (Å²) in [5, 5.41) is 9.64. The lowest BCUT2D eigenvalue weighted by atomic mass is 10.0. The van der Waals surface area contributed by atoms with E-state index in [9.17, 15) is 14.7 Å².